The van der Waals surface area contributed by atoms with Crippen molar-refractivity contribution >= 4 is 39.1 Å². The number of aryl methyl sites for hydroxylation is 1. The van der Waals surface area contributed by atoms with Crippen molar-refractivity contribution in [3.05, 3.63) is 64.4 Å². The van der Waals surface area contributed by atoms with E-state index in [0.29, 0.717) is 6.42 Å². The van der Waals surface area contributed by atoms with Gasteiger partial charge in [0, 0.05) is 12.1 Å². The van der Waals surface area contributed by atoms with Gasteiger partial charge in [-0.3, -0.25) is 13.9 Å². The smallest absolute Gasteiger partial charge is 0.244 e. The zero-order valence-electron chi connectivity index (χ0n) is 20.9. The Hall–Kier alpha value is -2.65. The highest BCUT2D eigenvalue weighted by Crippen LogP contribution is 2.25. The molecule has 0 aliphatic rings. The minimum atomic E-state index is -3.93. The second-order valence-electron chi connectivity index (χ2n) is 9.54. The molecule has 0 aromatic heterocycles. The minimum Gasteiger partial charge on any atom is -0.350 e. The Labute approximate surface area is 212 Å². The Kier molecular flexibility index (Phi) is 9.30. The first-order chi connectivity index (χ1) is 16.1. The Morgan fingerprint density at radius 2 is 1.71 bits per heavy atom. The van der Waals surface area contributed by atoms with Gasteiger partial charge < -0.3 is 10.2 Å². The fourth-order valence-electron chi connectivity index (χ4n) is 3.52. The van der Waals surface area contributed by atoms with Crippen LogP contribution < -0.4 is 9.62 Å². The van der Waals surface area contributed by atoms with E-state index in [0.717, 1.165) is 33.8 Å². The van der Waals surface area contributed by atoms with E-state index in [1.54, 1.807) is 6.92 Å². The molecule has 2 aromatic rings. The largest absolute Gasteiger partial charge is 0.350 e. The van der Waals surface area contributed by atoms with Crippen LogP contribution in [0, 0.1) is 12.7 Å². The average Bonchev–Trinajstić information content (AvgIpc) is 2.73. The summed E-state index contributed by atoms with van der Waals surface area (Å²) >= 11 is 5.86. The van der Waals surface area contributed by atoms with Crippen LogP contribution in [0.2, 0.25) is 5.02 Å². The fourth-order valence-corrected chi connectivity index (χ4v) is 4.53. The number of anilines is 1. The van der Waals surface area contributed by atoms with E-state index in [1.807, 2.05) is 52.0 Å². The van der Waals surface area contributed by atoms with Gasteiger partial charge in [0.15, 0.2) is 0 Å². The molecule has 0 radical (unpaired) electrons. The number of rotatable bonds is 9. The lowest BCUT2D eigenvalue weighted by atomic mass is 10.1. The zero-order chi connectivity index (χ0) is 26.6. The van der Waals surface area contributed by atoms with E-state index >= 15 is 0 Å². The third-order valence-corrected chi connectivity index (χ3v) is 6.66. The van der Waals surface area contributed by atoms with Gasteiger partial charge in [-0.1, -0.05) is 48.4 Å². The van der Waals surface area contributed by atoms with Crippen LogP contribution in [0.4, 0.5) is 10.1 Å². The van der Waals surface area contributed by atoms with E-state index < -0.39 is 39.9 Å². The molecule has 1 atom stereocenters. The van der Waals surface area contributed by atoms with Crippen LogP contribution in [0.5, 0.6) is 0 Å². The molecule has 0 bridgehead atoms. The molecule has 2 aromatic carbocycles. The molecule has 0 heterocycles. The van der Waals surface area contributed by atoms with Crippen molar-refractivity contribution in [2.24, 2.45) is 0 Å². The number of hydrogen-bond acceptors (Lipinski definition) is 4. The summed E-state index contributed by atoms with van der Waals surface area (Å²) in [6, 6.07) is 10.1. The normalized spacial score (nSPS) is 12.7. The van der Waals surface area contributed by atoms with E-state index in [4.69, 9.17) is 11.6 Å². The minimum absolute atomic E-state index is 0.0507. The molecule has 10 heteroatoms. The Bertz CT molecular complexity index is 1160. The lowest BCUT2D eigenvalue weighted by Gasteiger charge is -2.34. The van der Waals surface area contributed by atoms with Gasteiger partial charge in [0.05, 0.1) is 17.0 Å². The summed E-state index contributed by atoms with van der Waals surface area (Å²) in [6.07, 6.45) is 1.27. The molecule has 7 nitrogen and oxygen atoms in total. The lowest BCUT2D eigenvalue weighted by molar-refractivity contribution is -0.141. The first-order valence-corrected chi connectivity index (χ1v) is 13.4. The summed E-state index contributed by atoms with van der Waals surface area (Å²) in [6.45, 7) is 8.78. The maximum atomic E-state index is 13.7. The number of benzene rings is 2. The Balaban J connectivity index is 2.47. The predicted molar refractivity (Wildman–Crippen MR) is 137 cm³/mol. The van der Waals surface area contributed by atoms with Gasteiger partial charge in [-0.2, -0.15) is 0 Å². The van der Waals surface area contributed by atoms with Crippen molar-refractivity contribution in [1.29, 1.82) is 0 Å². The van der Waals surface area contributed by atoms with Crippen molar-refractivity contribution in [3.63, 3.8) is 0 Å². The van der Waals surface area contributed by atoms with E-state index in [2.05, 4.69) is 5.32 Å². The van der Waals surface area contributed by atoms with E-state index in [-0.39, 0.29) is 23.2 Å². The molecule has 192 valence electrons. The molecular formula is C25H33ClFN3O4S. The predicted octanol–water partition coefficient (Wildman–Crippen LogP) is 4.28. The summed E-state index contributed by atoms with van der Waals surface area (Å²) in [5, 5.41) is 2.64. The van der Waals surface area contributed by atoms with Gasteiger partial charge >= 0.3 is 0 Å². The summed E-state index contributed by atoms with van der Waals surface area (Å²) in [5.74, 6) is -1.62. The number of nitrogens with zero attached hydrogens (tertiary/aromatic N) is 2. The maximum absolute atomic E-state index is 13.7. The molecule has 0 aliphatic heterocycles. The van der Waals surface area contributed by atoms with Gasteiger partial charge in [0.2, 0.25) is 21.8 Å². The highest BCUT2D eigenvalue weighted by atomic mass is 35.5. The zero-order valence-corrected chi connectivity index (χ0v) is 22.5. The number of halogens is 2. The molecule has 2 rings (SSSR count). The second-order valence-corrected chi connectivity index (χ2v) is 11.9. The monoisotopic (exact) mass is 525 g/mol. The highest BCUT2D eigenvalue weighted by molar-refractivity contribution is 7.92. The number of carbonyl (C=O) groups excluding carboxylic acids is 2. The number of hydrogen-bond donors (Lipinski definition) is 1. The van der Waals surface area contributed by atoms with Crippen LogP contribution in [0.25, 0.3) is 0 Å². The van der Waals surface area contributed by atoms with E-state index in [1.165, 1.54) is 11.0 Å². The first-order valence-electron chi connectivity index (χ1n) is 11.2. The summed E-state index contributed by atoms with van der Waals surface area (Å²) < 4.78 is 39.7. The molecule has 0 saturated carbocycles. The summed E-state index contributed by atoms with van der Waals surface area (Å²) in [4.78, 5) is 28.1. The van der Waals surface area contributed by atoms with Gasteiger partial charge in [-0.05, 0) is 57.9 Å². The van der Waals surface area contributed by atoms with Crippen LogP contribution >= 0.6 is 11.6 Å². The molecular weight excluding hydrogens is 493 g/mol. The molecule has 35 heavy (non-hydrogen) atoms. The van der Waals surface area contributed by atoms with Crippen LogP contribution in [0.15, 0.2) is 42.5 Å². The molecule has 1 unspecified atom stereocenters. The second kappa shape index (κ2) is 11.4. The molecule has 1 N–H and O–H groups in total. The molecule has 0 saturated heterocycles. The van der Waals surface area contributed by atoms with Crippen LogP contribution in [0.3, 0.4) is 0 Å². The van der Waals surface area contributed by atoms with Gasteiger partial charge in [0.25, 0.3) is 0 Å². The van der Waals surface area contributed by atoms with Crippen molar-refractivity contribution in [2.75, 3.05) is 17.1 Å². The Morgan fingerprint density at radius 3 is 2.20 bits per heavy atom. The van der Waals surface area contributed by atoms with Crippen molar-refractivity contribution < 1.29 is 22.4 Å². The number of nitrogens with one attached hydrogen (secondary N) is 1. The third kappa shape index (κ3) is 8.21. The molecule has 2 amide bonds. The SMILES string of the molecule is CCC(C(=O)NC(C)(C)C)N(Cc1ccc(C)cc1)C(=O)CN(c1ccc(F)c(Cl)c1)S(C)(=O)=O. The molecule has 0 fully saturated rings. The van der Waals surface area contributed by atoms with E-state index in [9.17, 15) is 22.4 Å². The third-order valence-electron chi connectivity index (χ3n) is 5.23. The van der Waals surface area contributed by atoms with Crippen molar-refractivity contribution in [1.82, 2.24) is 10.2 Å². The molecule has 0 aliphatic carbocycles. The van der Waals surface area contributed by atoms with Crippen LogP contribution in [-0.4, -0.2) is 49.5 Å². The summed E-state index contributed by atoms with van der Waals surface area (Å²) in [5.41, 5.74) is 1.37. The van der Waals surface area contributed by atoms with Crippen molar-refractivity contribution in [2.45, 2.75) is 59.2 Å². The Morgan fingerprint density at radius 1 is 1.11 bits per heavy atom. The highest BCUT2D eigenvalue weighted by Gasteiger charge is 2.33. The van der Waals surface area contributed by atoms with Crippen LogP contribution in [-0.2, 0) is 26.2 Å². The molecule has 0 spiro atoms. The van der Waals surface area contributed by atoms with Gasteiger partial charge in [0.1, 0.15) is 18.4 Å². The first kappa shape index (κ1) is 28.6. The number of sulfonamides is 1. The maximum Gasteiger partial charge on any atom is 0.244 e. The van der Waals surface area contributed by atoms with Crippen molar-refractivity contribution in [3.8, 4) is 0 Å². The standard InChI is InChI=1S/C25H33ClFN3O4S/c1-7-22(24(32)28-25(3,4)5)29(15-18-10-8-17(2)9-11-18)23(31)16-30(35(6,33)34)19-12-13-21(27)20(26)14-19/h8-14,22H,7,15-16H2,1-6H3,(H,28,32). The number of carbonyl (C=O) groups is 2. The lowest BCUT2D eigenvalue weighted by Crippen LogP contribution is -2.55. The quantitative estimate of drug-likeness (QED) is 0.529. The fraction of sp³-hybridized carbons (Fsp3) is 0.440. The van der Waals surface area contributed by atoms with Gasteiger partial charge in [-0.15, -0.1) is 0 Å². The topological polar surface area (TPSA) is 86.8 Å². The van der Waals surface area contributed by atoms with Crippen LogP contribution in [0.1, 0.15) is 45.2 Å². The van der Waals surface area contributed by atoms with Gasteiger partial charge in [-0.25, -0.2) is 12.8 Å². The average molecular weight is 526 g/mol. The number of amides is 2. The summed E-state index contributed by atoms with van der Waals surface area (Å²) in [7, 11) is -3.93.